The predicted octanol–water partition coefficient (Wildman–Crippen LogP) is 2.03. The number of rotatable bonds is 3. The molecule has 0 saturated carbocycles. The average molecular weight is 295 g/mol. The maximum absolute atomic E-state index is 12.0. The van der Waals surface area contributed by atoms with Gasteiger partial charge in [-0.1, -0.05) is 23.2 Å². The fourth-order valence-electron chi connectivity index (χ4n) is 1.13. The molecule has 0 fully saturated rings. The van der Waals surface area contributed by atoms with Gasteiger partial charge in [-0.05, 0) is 12.5 Å². The zero-order valence-electron chi connectivity index (χ0n) is 8.91. The molecule has 5 nitrogen and oxygen atoms in total. The van der Waals surface area contributed by atoms with Crippen LogP contribution in [0.5, 0.6) is 0 Å². The van der Waals surface area contributed by atoms with E-state index in [2.05, 4.69) is 9.84 Å². The van der Waals surface area contributed by atoms with Crippen LogP contribution in [0.2, 0.25) is 8.67 Å². The highest BCUT2D eigenvalue weighted by Gasteiger charge is 2.28. The van der Waals surface area contributed by atoms with Crippen molar-refractivity contribution in [1.82, 2.24) is 0 Å². The number of carbonyl (C=O) groups is 2. The Morgan fingerprint density at radius 3 is 2.29 bits per heavy atom. The van der Waals surface area contributed by atoms with Crippen LogP contribution in [0.1, 0.15) is 15.9 Å². The molecule has 0 aliphatic carbocycles. The number of hydrogen-bond donors (Lipinski definition) is 1. The van der Waals surface area contributed by atoms with Crippen molar-refractivity contribution in [3.63, 3.8) is 0 Å². The first-order chi connectivity index (χ1) is 7.93. The molecular weight excluding hydrogens is 287 g/mol. The lowest BCUT2D eigenvalue weighted by Gasteiger charge is -2.02. The van der Waals surface area contributed by atoms with Gasteiger partial charge in [-0.2, -0.15) is 5.10 Å². The Balaban J connectivity index is 3.25. The number of ether oxygens (including phenoxy) is 1. The van der Waals surface area contributed by atoms with E-state index in [1.807, 2.05) is 0 Å². The van der Waals surface area contributed by atoms with E-state index in [9.17, 15) is 9.59 Å². The fraction of sp³-hybridized carbons (Fsp3) is 0.222. The van der Waals surface area contributed by atoms with Crippen molar-refractivity contribution in [2.75, 3.05) is 7.11 Å². The summed E-state index contributed by atoms with van der Waals surface area (Å²) in [6.45, 7) is 1.61. The van der Waals surface area contributed by atoms with E-state index in [4.69, 9.17) is 29.0 Å². The highest BCUT2D eigenvalue weighted by Crippen LogP contribution is 2.36. The Morgan fingerprint density at radius 2 is 1.94 bits per heavy atom. The third-order valence-corrected chi connectivity index (χ3v) is 3.80. The van der Waals surface area contributed by atoms with Gasteiger partial charge >= 0.3 is 5.97 Å². The number of nitrogens with zero attached hydrogens (tertiary/aromatic N) is 1. The van der Waals surface area contributed by atoms with Crippen LogP contribution in [-0.2, 0) is 9.53 Å². The van der Waals surface area contributed by atoms with Crippen molar-refractivity contribution in [1.29, 1.82) is 0 Å². The highest BCUT2D eigenvalue weighted by atomic mass is 35.5. The molecule has 0 aliphatic heterocycles. The highest BCUT2D eigenvalue weighted by molar-refractivity contribution is 7.20. The summed E-state index contributed by atoms with van der Waals surface area (Å²) in [5.41, 5.74) is 0.0833. The van der Waals surface area contributed by atoms with E-state index in [1.54, 1.807) is 6.92 Å². The van der Waals surface area contributed by atoms with Crippen molar-refractivity contribution in [3.8, 4) is 0 Å². The number of hydrogen-bond acceptors (Lipinski definition) is 6. The average Bonchev–Trinajstić information content (AvgIpc) is 2.53. The lowest BCUT2D eigenvalue weighted by atomic mass is 10.1. The van der Waals surface area contributed by atoms with Gasteiger partial charge in [-0.3, -0.25) is 4.79 Å². The molecule has 2 N–H and O–H groups in total. The Labute approximate surface area is 111 Å². The number of nitrogens with two attached hydrogens (primary N) is 1. The number of hydrazone groups is 1. The molecule has 0 spiro atoms. The maximum atomic E-state index is 12.0. The van der Waals surface area contributed by atoms with E-state index in [0.717, 1.165) is 18.4 Å². The third-order valence-electron chi connectivity index (χ3n) is 2.00. The van der Waals surface area contributed by atoms with Crippen molar-refractivity contribution in [3.05, 3.63) is 19.8 Å². The molecule has 0 bridgehead atoms. The van der Waals surface area contributed by atoms with Gasteiger partial charge in [0.1, 0.15) is 4.34 Å². The molecule has 0 amide bonds. The van der Waals surface area contributed by atoms with Gasteiger partial charge in [0.25, 0.3) is 0 Å². The first kappa shape index (κ1) is 14.0. The summed E-state index contributed by atoms with van der Waals surface area (Å²) in [6, 6.07) is 0. The fourth-order valence-corrected chi connectivity index (χ4v) is 2.79. The van der Waals surface area contributed by atoms with Crippen molar-refractivity contribution >= 4 is 52.0 Å². The summed E-state index contributed by atoms with van der Waals surface area (Å²) in [6.07, 6.45) is 0. The van der Waals surface area contributed by atoms with Crippen LogP contribution in [0.3, 0.4) is 0 Å². The molecule has 92 valence electrons. The summed E-state index contributed by atoms with van der Waals surface area (Å²) in [4.78, 5) is 23.2. The summed E-state index contributed by atoms with van der Waals surface area (Å²) in [5.74, 6) is 3.36. The number of methoxy groups -OCH3 is 1. The summed E-state index contributed by atoms with van der Waals surface area (Å²) in [5, 5.41) is 3.12. The molecule has 1 aromatic rings. The zero-order valence-corrected chi connectivity index (χ0v) is 11.2. The summed E-state index contributed by atoms with van der Waals surface area (Å²) in [7, 11) is 1.12. The molecule has 0 saturated heterocycles. The van der Waals surface area contributed by atoms with Crippen LogP contribution in [-0.4, -0.2) is 24.6 Å². The number of Topliss-reactive ketones (excluding diaryl/α,β-unsaturated/α-hetero) is 1. The number of thiophene rings is 1. The van der Waals surface area contributed by atoms with E-state index >= 15 is 0 Å². The quantitative estimate of drug-likeness (QED) is 0.231. The maximum Gasteiger partial charge on any atom is 0.362 e. The first-order valence-electron chi connectivity index (χ1n) is 4.29. The molecule has 1 heterocycles. The predicted molar refractivity (Wildman–Crippen MR) is 67.0 cm³/mol. The lowest BCUT2D eigenvalue weighted by molar-refractivity contribution is -0.132. The first-order valence-corrected chi connectivity index (χ1v) is 5.86. The van der Waals surface area contributed by atoms with E-state index in [1.165, 1.54) is 0 Å². The van der Waals surface area contributed by atoms with Crippen LogP contribution in [0, 0.1) is 6.92 Å². The van der Waals surface area contributed by atoms with Gasteiger partial charge in [0.05, 0.1) is 17.0 Å². The van der Waals surface area contributed by atoms with Crippen LogP contribution < -0.4 is 5.84 Å². The van der Waals surface area contributed by atoms with Gasteiger partial charge in [0.2, 0.25) is 11.5 Å². The lowest BCUT2D eigenvalue weighted by Crippen LogP contribution is -2.27. The number of esters is 1. The van der Waals surface area contributed by atoms with E-state index in [-0.39, 0.29) is 9.90 Å². The monoisotopic (exact) mass is 294 g/mol. The van der Waals surface area contributed by atoms with E-state index in [0.29, 0.717) is 9.90 Å². The Morgan fingerprint density at radius 1 is 1.35 bits per heavy atom. The Hall–Kier alpha value is -1.11. The largest absolute Gasteiger partial charge is 0.464 e. The van der Waals surface area contributed by atoms with Crippen molar-refractivity contribution in [2.24, 2.45) is 10.9 Å². The third kappa shape index (κ3) is 2.59. The molecule has 1 aromatic heterocycles. The SMILES string of the molecule is COC(=O)/C(=N\N)C(=O)c1c(Cl)sc(Cl)c1C. The smallest absolute Gasteiger partial charge is 0.362 e. The van der Waals surface area contributed by atoms with Crippen LogP contribution >= 0.6 is 34.5 Å². The molecule has 0 radical (unpaired) electrons. The summed E-state index contributed by atoms with van der Waals surface area (Å²) >= 11 is 12.7. The van der Waals surface area contributed by atoms with Crippen LogP contribution in [0.15, 0.2) is 5.10 Å². The molecule has 1 rings (SSSR count). The second kappa shape index (κ2) is 5.48. The van der Waals surface area contributed by atoms with Gasteiger partial charge in [0.15, 0.2) is 0 Å². The second-order valence-electron chi connectivity index (χ2n) is 2.95. The number of ketones is 1. The van der Waals surface area contributed by atoms with Gasteiger partial charge in [-0.25, -0.2) is 4.79 Å². The topological polar surface area (TPSA) is 81.8 Å². The molecule has 0 aromatic carbocycles. The zero-order chi connectivity index (χ0) is 13.2. The van der Waals surface area contributed by atoms with Gasteiger partial charge in [0, 0.05) is 0 Å². The molecule has 0 unspecified atom stereocenters. The Bertz CT molecular complexity index is 511. The minimum atomic E-state index is -0.921. The van der Waals surface area contributed by atoms with Gasteiger partial charge < -0.3 is 10.6 Å². The normalized spacial score (nSPS) is 11.4. The molecule has 8 heteroatoms. The Kier molecular flexibility index (Phi) is 4.50. The second-order valence-corrected chi connectivity index (χ2v) is 5.17. The van der Waals surface area contributed by atoms with Crippen LogP contribution in [0.4, 0.5) is 0 Å². The van der Waals surface area contributed by atoms with Gasteiger partial charge in [-0.15, -0.1) is 11.3 Å². The molecule has 0 atom stereocenters. The molecule has 17 heavy (non-hydrogen) atoms. The minimum absolute atomic E-state index is 0.122. The number of halogens is 2. The van der Waals surface area contributed by atoms with Crippen LogP contribution in [0.25, 0.3) is 0 Å². The molecular formula is C9H8Cl2N2O3S. The standard InChI is InChI=1S/C9H8Cl2N2O3S/c1-3-4(8(11)17-7(3)10)6(14)5(13-12)9(15)16-2/h12H2,1-2H3/b13-5-. The molecule has 0 aliphatic rings. The van der Waals surface area contributed by atoms with E-state index < -0.39 is 17.5 Å². The van der Waals surface area contributed by atoms with Crippen molar-refractivity contribution < 1.29 is 14.3 Å². The summed E-state index contributed by atoms with van der Waals surface area (Å²) < 4.78 is 4.95. The van der Waals surface area contributed by atoms with Crippen molar-refractivity contribution in [2.45, 2.75) is 6.92 Å². The minimum Gasteiger partial charge on any atom is -0.464 e. The number of carbonyl (C=O) groups excluding carboxylic acids is 2.